The molecule has 2 heterocycles. The Kier molecular flexibility index (Phi) is 14.3. The highest BCUT2D eigenvalue weighted by molar-refractivity contribution is 5.75. The van der Waals surface area contributed by atoms with Gasteiger partial charge in [-0.25, -0.2) is 5.84 Å². The van der Waals surface area contributed by atoms with Gasteiger partial charge in [0.2, 0.25) is 11.8 Å². The Bertz CT molecular complexity index is 717. The molecule has 0 aromatic carbocycles. The molecule has 0 bridgehead atoms. The van der Waals surface area contributed by atoms with Gasteiger partial charge in [0.05, 0.1) is 13.2 Å². The summed E-state index contributed by atoms with van der Waals surface area (Å²) >= 11 is 0. The van der Waals surface area contributed by atoms with Crippen LogP contribution in [0.25, 0.3) is 0 Å². The maximum atomic E-state index is 11.9. The zero-order valence-electron chi connectivity index (χ0n) is 21.6. The van der Waals surface area contributed by atoms with Gasteiger partial charge in [0.15, 0.2) is 12.6 Å². The van der Waals surface area contributed by atoms with Crippen molar-refractivity contribution in [2.45, 2.75) is 113 Å². The van der Waals surface area contributed by atoms with Crippen molar-refractivity contribution >= 4 is 11.8 Å². The lowest BCUT2D eigenvalue weighted by molar-refractivity contribution is -0.344. The summed E-state index contributed by atoms with van der Waals surface area (Å²) in [6.45, 7) is 0.190. The van der Waals surface area contributed by atoms with Gasteiger partial charge in [-0.15, -0.1) is 0 Å². The van der Waals surface area contributed by atoms with Crippen molar-refractivity contribution in [2.24, 2.45) is 5.84 Å². The van der Waals surface area contributed by atoms with Gasteiger partial charge >= 0.3 is 0 Å². The minimum Gasteiger partial charge on any atom is -0.394 e. The van der Waals surface area contributed by atoms with Crippen molar-refractivity contribution in [3.8, 4) is 0 Å². The van der Waals surface area contributed by atoms with E-state index in [4.69, 9.17) is 24.8 Å². The van der Waals surface area contributed by atoms with E-state index in [1.165, 1.54) is 6.92 Å². The first-order valence-corrected chi connectivity index (χ1v) is 12.9. The number of aliphatic hydroxyl groups excluding tert-OH is 6. The number of rotatable bonds is 15. The van der Waals surface area contributed by atoms with Crippen molar-refractivity contribution in [2.75, 3.05) is 19.8 Å². The quantitative estimate of drug-likeness (QED) is 0.0414. The topological polar surface area (TPSA) is 243 Å². The van der Waals surface area contributed by atoms with Crippen LogP contribution in [0, 0.1) is 0 Å². The molecular weight excluding hydrogens is 510 g/mol. The number of ether oxygens (including phenoxy) is 4. The molecule has 15 heteroatoms. The number of amides is 2. The normalized spacial score (nSPS) is 35.6. The molecule has 2 rings (SSSR count). The molecule has 10 atom stereocenters. The van der Waals surface area contributed by atoms with Gasteiger partial charge in [0.1, 0.15) is 48.8 Å². The first-order valence-electron chi connectivity index (χ1n) is 12.9. The summed E-state index contributed by atoms with van der Waals surface area (Å²) < 4.78 is 22.7. The number of carbonyl (C=O) groups excluding carboxylic acids is 2. The largest absolute Gasteiger partial charge is 0.394 e. The molecule has 0 unspecified atom stereocenters. The highest BCUT2D eigenvalue weighted by atomic mass is 16.7. The second-order valence-electron chi connectivity index (χ2n) is 9.55. The van der Waals surface area contributed by atoms with Crippen LogP contribution in [0.15, 0.2) is 0 Å². The highest BCUT2D eigenvalue weighted by Crippen LogP contribution is 2.30. The first-order chi connectivity index (χ1) is 18.1. The third kappa shape index (κ3) is 9.31. The van der Waals surface area contributed by atoms with Crippen molar-refractivity contribution in [3.63, 3.8) is 0 Å². The predicted molar refractivity (Wildman–Crippen MR) is 129 cm³/mol. The van der Waals surface area contributed by atoms with Gasteiger partial charge in [-0.1, -0.05) is 25.7 Å². The average molecular weight is 554 g/mol. The summed E-state index contributed by atoms with van der Waals surface area (Å²) in [4.78, 5) is 23.1. The third-order valence-corrected chi connectivity index (χ3v) is 6.60. The van der Waals surface area contributed by atoms with Crippen LogP contribution in [-0.4, -0.2) is 124 Å². The van der Waals surface area contributed by atoms with E-state index in [1.807, 2.05) is 0 Å². The zero-order chi connectivity index (χ0) is 28.2. The van der Waals surface area contributed by atoms with Crippen molar-refractivity contribution in [3.05, 3.63) is 0 Å². The van der Waals surface area contributed by atoms with Crippen LogP contribution in [0.3, 0.4) is 0 Å². The number of hydrogen-bond acceptors (Lipinski definition) is 13. The fourth-order valence-electron chi connectivity index (χ4n) is 4.46. The number of unbranched alkanes of at least 4 members (excludes halogenated alkanes) is 5. The van der Waals surface area contributed by atoms with E-state index in [2.05, 4.69) is 10.7 Å². The molecule has 0 aromatic heterocycles. The van der Waals surface area contributed by atoms with Crippen LogP contribution in [0.1, 0.15) is 51.9 Å². The Labute approximate surface area is 221 Å². The SMILES string of the molecule is CC(=O)N[C@@H]1[C@@H](OCCCCCCCCC(=O)NN)O[C@H](CO)[C@H](O)[C@@H]1O[C@@H]1O[C@H](CO)[C@H](O)[C@H](O)[C@H]1O. The molecule has 2 saturated heterocycles. The van der Waals surface area contributed by atoms with Crippen LogP contribution in [0.2, 0.25) is 0 Å². The molecular formula is C23H43N3O12. The Morgan fingerprint density at radius 3 is 2.00 bits per heavy atom. The number of nitrogens with one attached hydrogen (secondary N) is 2. The number of hydrogen-bond donors (Lipinski definition) is 9. The summed E-state index contributed by atoms with van der Waals surface area (Å²) in [5.74, 6) is 4.36. The fourth-order valence-corrected chi connectivity index (χ4v) is 4.46. The minimum absolute atomic E-state index is 0.195. The second-order valence-corrected chi connectivity index (χ2v) is 9.55. The molecule has 0 saturated carbocycles. The van der Waals surface area contributed by atoms with Crippen molar-refractivity contribution in [1.29, 1.82) is 0 Å². The Morgan fingerprint density at radius 1 is 0.816 bits per heavy atom. The number of aliphatic hydroxyl groups is 6. The average Bonchev–Trinajstić information content (AvgIpc) is 2.90. The first kappa shape index (κ1) is 32.7. The second kappa shape index (κ2) is 16.6. The smallest absolute Gasteiger partial charge is 0.233 e. The van der Waals surface area contributed by atoms with Crippen LogP contribution >= 0.6 is 0 Å². The van der Waals surface area contributed by atoms with Gasteiger partial charge in [0, 0.05) is 20.0 Å². The van der Waals surface area contributed by atoms with E-state index in [0.29, 0.717) is 12.8 Å². The maximum absolute atomic E-state index is 11.9. The molecule has 0 aromatic rings. The summed E-state index contributed by atoms with van der Waals surface area (Å²) in [7, 11) is 0. The number of hydrazine groups is 1. The van der Waals surface area contributed by atoms with E-state index >= 15 is 0 Å². The zero-order valence-corrected chi connectivity index (χ0v) is 21.6. The summed E-state index contributed by atoms with van der Waals surface area (Å²) in [5.41, 5.74) is 2.09. The van der Waals surface area contributed by atoms with Gasteiger partial charge in [-0.3, -0.25) is 15.0 Å². The lowest BCUT2D eigenvalue weighted by Gasteiger charge is -2.47. The number of carbonyl (C=O) groups is 2. The van der Waals surface area contributed by atoms with Gasteiger partial charge in [-0.2, -0.15) is 0 Å². The monoisotopic (exact) mass is 553 g/mol. The predicted octanol–water partition coefficient (Wildman–Crippen LogP) is -3.51. The lowest BCUT2D eigenvalue weighted by atomic mass is 9.95. The van der Waals surface area contributed by atoms with Gasteiger partial charge in [-0.05, 0) is 12.8 Å². The third-order valence-electron chi connectivity index (χ3n) is 6.60. The van der Waals surface area contributed by atoms with Crippen LogP contribution in [-0.2, 0) is 28.5 Å². The molecule has 0 radical (unpaired) electrons. The van der Waals surface area contributed by atoms with Gasteiger partial charge in [0.25, 0.3) is 0 Å². The van der Waals surface area contributed by atoms with Crippen molar-refractivity contribution in [1.82, 2.24) is 10.7 Å². The molecule has 2 fully saturated rings. The van der Waals surface area contributed by atoms with Crippen molar-refractivity contribution < 1.29 is 59.2 Å². The molecule has 38 heavy (non-hydrogen) atoms. The van der Waals surface area contributed by atoms with E-state index in [-0.39, 0.29) is 12.5 Å². The van der Waals surface area contributed by atoms with E-state index in [1.54, 1.807) is 0 Å². The summed E-state index contributed by atoms with van der Waals surface area (Å²) in [5, 5.41) is 63.0. The summed E-state index contributed by atoms with van der Waals surface area (Å²) in [6, 6.07) is -1.09. The molecule has 0 aliphatic carbocycles. The van der Waals surface area contributed by atoms with E-state index in [9.17, 15) is 40.2 Å². The van der Waals surface area contributed by atoms with Crippen LogP contribution in [0.5, 0.6) is 0 Å². The molecule has 10 N–H and O–H groups in total. The number of nitrogens with two attached hydrogens (primary N) is 1. The minimum atomic E-state index is -1.74. The van der Waals surface area contributed by atoms with E-state index < -0.39 is 80.5 Å². The Balaban J connectivity index is 1.97. The molecule has 0 spiro atoms. The molecule has 2 aliphatic heterocycles. The molecule has 2 amide bonds. The van der Waals surface area contributed by atoms with Crippen LogP contribution in [0.4, 0.5) is 0 Å². The standard InChI is InChI=1S/C23H43N3O12/c1-12(29)25-16-21(38-23-20(34)19(33)17(31)13(10-27)37-23)18(32)14(11-28)36-22(16)35-9-7-5-3-2-4-6-8-15(30)26-24/h13-14,16-23,27-28,31-34H,2-11,24H2,1H3,(H,25,29)(H,26,30)/t13-,14-,16+,17+,18+,19+,20-,21-,22+,23+/m1/s1. The highest BCUT2D eigenvalue weighted by Gasteiger charge is 2.51. The fraction of sp³-hybridized carbons (Fsp3) is 0.913. The van der Waals surface area contributed by atoms with E-state index in [0.717, 1.165) is 32.1 Å². The molecule has 222 valence electrons. The Hall–Kier alpha value is -1.50. The lowest BCUT2D eigenvalue weighted by Crippen LogP contribution is -2.68. The maximum Gasteiger partial charge on any atom is 0.233 e. The molecule has 2 aliphatic rings. The molecule has 15 nitrogen and oxygen atoms in total. The van der Waals surface area contributed by atoms with Gasteiger partial charge < -0.3 is 54.9 Å². The van der Waals surface area contributed by atoms with Crippen LogP contribution < -0.4 is 16.6 Å². The summed E-state index contributed by atoms with van der Waals surface area (Å²) in [6.07, 6.45) is -7.65. The Morgan fingerprint density at radius 2 is 1.39 bits per heavy atom.